The van der Waals surface area contributed by atoms with E-state index in [0.29, 0.717) is 5.56 Å². The summed E-state index contributed by atoms with van der Waals surface area (Å²) < 4.78 is 10.2. The lowest BCUT2D eigenvalue weighted by atomic mass is 10.2. The predicted molar refractivity (Wildman–Crippen MR) is 94.3 cm³/mol. The number of phenolic OH excluding ortho intramolecular Hbond substituents is 1. The van der Waals surface area contributed by atoms with Crippen LogP contribution in [0.4, 0.5) is 0 Å². The number of ether oxygens (including phenoxy) is 2. The van der Waals surface area contributed by atoms with E-state index in [2.05, 4.69) is 10.5 Å². The molecule has 0 saturated carbocycles. The quantitative estimate of drug-likeness (QED) is 0.502. The Morgan fingerprint density at radius 1 is 1.31 bits per heavy atom. The second-order valence-electron chi connectivity index (χ2n) is 4.93. The number of aliphatic carboxylic acids is 1. The summed E-state index contributed by atoms with van der Waals surface area (Å²) in [7, 11) is 1.38. The van der Waals surface area contributed by atoms with Gasteiger partial charge in [0.25, 0.3) is 5.91 Å². The number of methoxy groups -OCH3 is 1. The zero-order valence-electron chi connectivity index (χ0n) is 13.6. The topological polar surface area (TPSA) is 117 Å². The molecule has 0 unspecified atom stereocenters. The van der Waals surface area contributed by atoms with Gasteiger partial charge in [-0.15, -0.1) is 0 Å². The number of carboxylic acids is 1. The molecule has 0 spiro atoms. The molecule has 26 heavy (non-hydrogen) atoms. The molecule has 1 amide bonds. The number of nitrogens with zero attached hydrogens (tertiary/aromatic N) is 1. The highest BCUT2D eigenvalue weighted by molar-refractivity contribution is 6.32. The summed E-state index contributed by atoms with van der Waals surface area (Å²) in [6.45, 7) is -0.569. The van der Waals surface area contributed by atoms with E-state index in [-0.39, 0.29) is 27.8 Å². The van der Waals surface area contributed by atoms with E-state index in [1.165, 1.54) is 37.6 Å². The van der Waals surface area contributed by atoms with Gasteiger partial charge in [-0.3, -0.25) is 4.79 Å². The molecule has 0 fully saturated rings. The Balaban J connectivity index is 2.13. The maximum absolute atomic E-state index is 11.9. The molecule has 9 heteroatoms. The molecule has 0 radical (unpaired) electrons. The lowest BCUT2D eigenvalue weighted by Gasteiger charge is -2.11. The lowest BCUT2D eigenvalue weighted by molar-refractivity contribution is -0.139. The van der Waals surface area contributed by atoms with Crippen LogP contribution in [0.15, 0.2) is 41.5 Å². The van der Waals surface area contributed by atoms with Gasteiger partial charge in [0.15, 0.2) is 18.1 Å². The van der Waals surface area contributed by atoms with Crippen molar-refractivity contribution in [3.05, 3.63) is 52.5 Å². The van der Waals surface area contributed by atoms with E-state index in [1.54, 1.807) is 12.1 Å². The molecule has 3 N–H and O–H groups in total. The first-order valence-electron chi connectivity index (χ1n) is 7.26. The van der Waals surface area contributed by atoms with Crippen molar-refractivity contribution in [3.8, 4) is 17.2 Å². The molecular weight excluding hydrogens is 364 g/mol. The zero-order valence-corrected chi connectivity index (χ0v) is 14.4. The molecule has 136 valence electrons. The van der Waals surface area contributed by atoms with E-state index >= 15 is 0 Å². The first-order valence-corrected chi connectivity index (χ1v) is 7.63. The lowest BCUT2D eigenvalue weighted by Crippen LogP contribution is -2.17. The number of amides is 1. The van der Waals surface area contributed by atoms with Crippen LogP contribution in [0.3, 0.4) is 0 Å². The number of phenols is 1. The summed E-state index contributed by atoms with van der Waals surface area (Å²) in [5.74, 6) is -1.59. The molecular formula is C17H15ClN2O6. The van der Waals surface area contributed by atoms with Gasteiger partial charge in [-0.2, -0.15) is 5.10 Å². The molecule has 0 heterocycles. The molecule has 0 saturated heterocycles. The van der Waals surface area contributed by atoms with Crippen LogP contribution in [0.2, 0.25) is 5.02 Å². The summed E-state index contributed by atoms with van der Waals surface area (Å²) in [4.78, 5) is 22.5. The Labute approximate surface area is 153 Å². The number of halogens is 1. The largest absolute Gasteiger partial charge is 0.507 e. The van der Waals surface area contributed by atoms with Crippen LogP contribution in [-0.4, -0.2) is 42.0 Å². The van der Waals surface area contributed by atoms with Crippen molar-refractivity contribution in [2.24, 2.45) is 5.10 Å². The third-order valence-corrected chi connectivity index (χ3v) is 3.40. The van der Waals surface area contributed by atoms with Gasteiger partial charge in [0.2, 0.25) is 0 Å². The van der Waals surface area contributed by atoms with E-state index < -0.39 is 18.5 Å². The van der Waals surface area contributed by atoms with Crippen LogP contribution in [0.1, 0.15) is 15.9 Å². The van der Waals surface area contributed by atoms with Gasteiger partial charge in [0.1, 0.15) is 5.75 Å². The molecule has 0 atom stereocenters. The summed E-state index contributed by atoms with van der Waals surface area (Å²) in [6.07, 6.45) is 1.31. The minimum Gasteiger partial charge on any atom is -0.507 e. The summed E-state index contributed by atoms with van der Waals surface area (Å²) in [5.41, 5.74) is 2.84. The smallest absolute Gasteiger partial charge is 0.341 e. The van der Waals surface area contributed by atoms with Crippen LogP contribution in [-0.2, 0) is 4.79 Å². The minimum atomic E-state index is -1.15. The second-order valence-corrected chi connectivity index (χ2v) is 5.34. The van der Waals surface area contributed by atoms with Gasteiger partial charge in [-0.05, 0) is 29.8 Å². The molecule has 2 aromatic carbocycles. The third-order valence-electron chi connectivity index (χ3n) is 3.12. The van der Waals surface area contributed by atoms with Crippen LogP contribution >= 0.6 is 11.6 Å². The van der Waals surface area contributed by atoms with Gasteiger partial charge in [-0.25, -0.2) is 10.2 Å². The van der Waals surface area contributed by atoms with Crippen molar-refractivity contribution in [2.75, 3.05) is 13.7 Å². The second kappa shape index (κ2) is 8.72. The highest BCUT2D eigenvalue weighted by Gasteiger charge is 2.13. The zero-order chi connectivity index (χ0) is 19.1. The molecule has 0 aliphatic carbocycles. The van der Waals surface area contributed by atoms with Crippen LogP contribution in [0.25, 0.3) is 0 Å². The van der Waals surface area contributed by atoms with Crippen molar-refractivity contribution >= 4 is 29.7 Å². The van der Waals surface area contributed by atoms with Crippen molar-refractivity contribution in [3.63, 3.8) is 0 Å². The van der Waals surface area contributed by atoms with Crippen molar-refractivity contribution < 1.29 is 29.3 Å². The van der Waals surface area contributed by atoms with Gasteiger partial charge in [0.05, 0.1) is 23.9 Å². The number of benzene rings is 2. The molecule has 0 aromatic heterocycles. The number of aromatic hydroxyl groups is 1. The number of carbonyl (C=O) groups excluding carboxylic acids is 1. The number of carboxylic acid groups (broad SMARTS) is 1. The first kappa shape index (κ1) is 19.1. The SMILES string of the molecule is COc1cc(/C=N\NC(=O)c2ccccc2O)cc(Cl)c1OCC(=O)O. The summed E-state index contributed by atoms with van der Waals surface area (Å²) >= 11 is 6.07. The maximum Gasteiger partial charge on any atom is 0.341 e. The van der Waals surface area contributed by atoms with E-state index in [4.69, 9.17) is 26.2 Å². The van der Waals surface area contributed by atoms with Crippen molar-refractivity contribution in [2.45, 2.75) is 0 Å². The fourth-order valence-electron chi connectivity index (χ4n) is 1.98. The standard InChI is InChI=1S/C17H15ClN2O6/c1-25-14-7-10(6-12(18)16(14)26-9-15(22)23)8-19-20-17(24)11-4-2-3-5-13(11)21/h2-8,21H,9H2,1H3,(H,20,24)(H,22,23)/b19-8-. The number of rotatable bonds is 7. The van der Waals surface area contributed by atoms with E-state index in [9.17, 15) is 14.7 Å². The molecule has 8 nitrogen and oxygen atoms in total. The molecule has 2 aromatic rings. The average Bonchev–Trinajstić information content (AvgIpc) is 2.60. The van der Waals surface area contributed by atoms with Gasteiger partial charge in [-0.1, -0.05) is 23.7 Å². The van der Waals surface area contributed by atoms with Crippen LogP contribution in [0.5, 0.6) is 17.2 Å². The Hall–Kier alpha value is -3.26. The average molecular weight is 379 g/mol. The van der Waals surface area contributed by atoms with E-state index in [0.717, 1.165) is 0 Å². The number of carbonyl (C=O) groups is 2. The van der Waals surface area contributed by atoms with E-state index in [1.807, 2.05) is 0 Å². The van der Waals surface area contributed by atoms with Crippen LogP contribution < -0.4 is 14.9 Å². The third kappa shape index (κ3) is 4.87. The Bertz CT molecular complexity index is 853. The Morgan fingerprint density at radius 3 is 2.69 bits per heavy atom. The maximum atomic E-state index is 11.9. The fraction of sp³-hybridized carbons (Fsp3) is 0.118. The number of hydrazone groups is 1. The van der Waals surface area contributed by atoms with Gasteiger partial charge in [0, 0.05) is 0 Å². The number of para-hydroxylation sites is 1. The van der Waals surface area contributed by atoms with Crippen molar-refractivity contribution in [1.82, 2.24) is 5.43 Å². The number of hydrogen-bond acceptors (Lipinski definition) is 6. The predicted octanol–water partition coefficient (Wildman–Crippen LogP) is 2.28. The van der Waals surface area contributed by atoms with Gasteiger partial charge < -0.3 is 19.7 Å². The molecule has 0 aliphatic rings. The monoisotopic (exact) mass is 378 g/mol. The Morgan fingerprint density at radius 2 is 2.04 bits per heavy atom. The summed E-state index contributed by atoms with van der Waals surface area (Å²) in [5, 5.41) is 22.2. The first-order chi connectivity index (χ1) is 12.4. The normalized spacial score (nSPS) is 10.5. The molecule has 0 aliphatic heterocycles. The van der Waals surface area contributed by atoms with Crippen molar-refractivity contribution in [1.29, 1.82) is 0 Å². The highest BCUT2D eigenvalue weighted by Crippen LogP contribution is 2.36. The minimum absolute atomic E-state index is 0.0812. The van der Waals surface area contributed by atoms with Crippen LogP contribution in [0, 0.1) is 0 Å². The Kier molecular flexibility index (Phi) is 6.40. The molecule has 0 bridgehead atoms. The summed E-state index contributed by atoms with van der Waals surface area (Å²) in [6, 6.07) is 9.03. The number of hydrogen-bond donors (Lipinski definition) is 3. The number of nitrogens with one attached hydrogen (secondary N) is 1. The molecule has 2 rings (SSSR count). The van der Waals surface area contributed by atoms with Gasteiger partial charge >= 0.3 is 5.97 Å². The highest BCUT2D eigenvalue weighted by atomic mass is 35.5. The fourth-order valence-corrected chi connectivity index (χ4v) is 2.25.